The molecule has 0 saturated heterocycles. The first-order valence-corrected chi connectivity index (χ1v) is 17.3. The lowest BCUT2D eigenvalue weighted by Gasteiger charge is -2.35. The van der Waals surface area contributed by atoms with Gasteiger partial charge in [0.2, 0.25) is 0 Å². The minimum absolute atomic E-state index is 0.173. The predicted molar refractivity (Wildman–Crippen MR) is 177 cm³/mol. The van der Waals surface area contributed by atoms with Gasteiger partial charge in [-0.3, -0.25) is 0 Å². The van der Waals surface area contributed by atoms with Crippen molar-refractivity contribution in [3.05, 3.63) is 86.5 Å². The highest BCUT2D eigenvalue weighted by Gasteiger charge is 2.35. The van der Waals surface area contributed by atoms with Crippen molar-refractivity contribution in [2.24, 2.45) is 0 Å². The molecule has 3 heteroatoms. The highest BCUT2D eigenvalue weighted by atomic mass is 16.3. The van der Waals surface area contributed by atoms with Crippen molar-refractivity contribution in [3.8, 4) is 17.2 Å². The normalized spacial score (nSPS) is 19.3. The van der Waals surface area contributed by atoms with E-state index in [1.165, 1.54) is 74.5 Å². The van der Waals surface area contributed by atoms with Gasteiger partial charge in [-0.05, 0) is 129 Å². The molecule has 3 saturated carbocycles. The Morgan fingerprint density at radius 2 is 0.674 bits per heavy atom. The summed E-state index contributed by atoms with van der Waals surface area (Å²) in [5.41, 5.74) is 10.00. The molecule has 0 heterocycles. The summed E-state index contributed by atoms with van der Waals surface area (Å²) >= 11 is 0. The Morgan fingerprint density at radius 1 is 0.419 bits per heavy atom. The molecular weight excluding hydrogens is 528 g/mol. The Kier molecular flexibility index (Phi) is 9.08. The predicted octanol–water partition coefficient (Wildman–Crippen LogP) is 11.1. The van der Waals surface area contributed by atoms with E-state index in [2.05, 4.69) is 39.0 Å². The largest absolute Gasteiger partial charge is 0.508 e. The molecule has 0 aliphatic heterocycles. The van der Waals surface area contributed by atoms with Gasteiger partial charge in [0.25, 0.3) is 0 Å². The van der Waals surface area contributed by atoms with Crippen LogP contribution in [0.1, 0.15) is 170 Å². The zero-order valence-corrected chi connectivity index (χ0v) is 26.7. The van der Waals surface area contributed by atoms with Crippen molar-refractivity contribution in [1.29, 1.82) is 0 Å². The molecule has 0 spiro atoms. The second kappa shape index (κ2) is 13.0. The third-order valence-corrected chi connectivity index (χ3v) is 11.0. The van der Waals surface area contributed by atoms with Crippen LogP contribution in [0.15, 0.2) is 36.4 Å². The molecule has 0 amide bonds. The summed E-state index contributed by atoms with van der Waals surface area (Å²) in [5, 5.41) is 35.2. The minimum atomic E-state index is -0.173. The lowest BCUT2D eigenvalue weighted by Crippen LogP contribution is -2.19. The van der Waals surface area contributed by atoms with Crippen LogP contribution in [0.5, 0.6) is 17.2 Å². The molecule has 3 N–H and O–H groups in total. The zero-order valence-electron chi connectivity index (χ0n) is 26.7. The fourth-order valence-corrected chi connectivity index (χ4v) is 9.15. The van der Waals surface area contributed by atoms with Gasteiger partial charge < -0.3 is 15.3 Å². The Balaban J connectivity index is 1.68. The Labute approximate surface area is 259 Å². The molecule has 3 nitrogen and oxygen atoms in total. The van der Waals surface area contributed by atoms with Crippen molar-refractivity contribution in [2.75, 3.05) is 0 Å². The number of aryl methyl sites for hydroxylation is 3. The molecule has 0 unspecified atom stereocenters. The number of phenolic OH excluding ortho intramolecular Hbond substituents is 3. The molecule has 3 aliphatic rings. The molecule has 230 valence electrons. The smallest absolute Gasteiger partial charge is 0.119 e. The summed E-state index contributed by atoms with van der Waals surface area (Å²) in [4.78, 5) is 0. The maximum absolute atomic E-state index is 11.7. The number of benzene rings is 3. The molecule has 6 rings (SSSR count). The van der Waals surface area contributed by atoms with Crippen LogP contribution in [0.4, 0.5) is 0 Å². The first-order valence-electron chi connectivity index (χ1n) is 17.3. The highest BCUT2D eigenvalue weighted by Crippen LogP contribution is 2.52. The molecule has 3 aromatic rings. The number of phenols is 3. The van der Waals surface area contributed by atoms with E-state index in [9.17, 15) is 15.3 Å². The van der Waals surface area contributed by atoms with Gasteiger partial charge in [-0.25, -0.2) is 0 Å². The number of rotatable bonds is 6. The number of aromatic hydroxyl groups is 3. The van der Waals surface area contributed by atoms with E-state index in [0.717, 1.165) is 71.9 Å². The van der Waals surface area contributed by atoms with Crippen LogP contribution in [-0.2, 0) is 0 Å². The van der Waals surface area contributed by atoms with Gasteiger partial charge >= 0.3 is 0 Å². The maximum Gasteiger partial charge on any atom is 0.119 e. The zero-order chi connectivity index (χ0) is 30.1. The van der Waals surface area contributed by atoms with E-state index < -0.39 is 0 Å². The summed E-state index contributed by atoms with van der Waals surface area (Å²) in [5.74, 6) is 2.03. The van der Waals surface area contributed by atoms with Gasteiger partial charge in [0.05, 0.1) is 0 Å². The van der Waals surface area contributed by atoms with E-state index in [0.29, 0.717) is 35.0 Å². The fourth-order valence-electron chi connectivity index (χ4n) is 9.15. The lowest BCUT2D eigenvalue weighted by atomic mass is 9.69. The standard InChI is InChI=1S/C40H52O3/c1-25-19-31(37(34(41)22-25)28-13-7-4-8-14-28)40(32-20-26(2)23-35(42)38(32)29-15-9-5-10-16-29)33-21-27(3)24-36(43)39(33)30-17-11-6-12-18-30/h19-24,28-30,40-43H,4-18H2,1-3H3. The summed E-state index contributed by atoms with van der Waals surface area (Å²) in [6.07, 6.45) is 17.5. The SMILES string of the molecule is Cc1cc(O)c(C2CCCCC2)c(C(c2cc(C)cc(O)c2C2CCCCC2)c2cc(C)cc(O)c2C2CCCCC2)c1. The van der Waals surface area contributed by atoms with Crippen molar-refractivity contribution in [1.82, 2.24) is 0 Å². The summed E-state index contributed by atoms with van der Waals surface area (Å²) in [6.45, 7) is 6.28. The molecule has 3 aromatic carbocycles. The van der Waals surface area contributed by atoms with Crippen LogP contribution < -0.4 is 0 Å². The molecule has 0 aromatic heterocycles. The fraction of sp³-hybridized carbons (Fsp3) is 0.550. The van der Waals surface area contributed by atoms with Crippen LogP contribution in [0.3, 0.4) is 0 Å². The lowest BCUT2D eigenvalue weighted by molar-refractivity contribution is 0.405. The number of hydrogen-bond donors (Lipinski definition) is 3. The van der Waals surface area contributed by atoms with Crippen LogP contribution in [0.2, 0.25) is 0 Å². The minimum Gasteiger partial charge on any atom is -0.508 e. The summed E-state index contributed by atoms with van der Waals surface area (Å²) < 4.78 is 0. The van der Waals surface area contributed by atoms with E-state index in [1.54, 1.807) is 0 Å². The summed E-state index contributed by atoms with van der Waals surface area (Å²) in [6, 6.07) is 12.8. The van der Waals surface area contributed by atoms with Crippen LogP contribution in [0, 0.1) is 20.8 Å². The van der Waals surface area contributed by atoms with Gasteiger partial charge in [-0.1, -0.05) is 76.0 Å². The van der Waals surface area contributed by atoms with E-state index in [4.69, 9.17) is 0 Å². The van der Waals surface area contributed by atoms with Crippen molar-refractivity contribution in [3.63, 3.8) is 0 Å². The van der Waals surface area contributed by atoms with Gasteiger partial charge in [0, 0.05) is 22.6 Å². The Bertz CT molecular complexity index is 1260. The Morgan fingerprint density at radius 3 is 0.930 bits per heavy atom. The molecule has 0 bridgehead atoms. The molecule has 43 heavy (non-hydrogen) atoms. The molecule has 3 aliphatic carbocycles. The molecule has 0 radical (unpaired) electrons. The van der Waals surface area contributed by atoms with Gasteiger partial charge in [0.15, 0.2) is 0 Å². The maximum atomic E-state index is 11.7. The topological polar surface area (TPSA) is 60.7 Å². The van der Waals surface area contributed by atoms with Crippen LogP contribution in [0.25, 0.3) is 0 Å². The average molecular weight is 581 g/mol. The van der Waals surface area contributed by atoms with E-state index in [1.807, 2.05) is 18.2 Å². The molecule has 0 atom stereocenters. The first-order chi connectivity index (χ1) is 20.8. The van der Waals surface area contributed by atoms with Crippen molar-refractivity contribution in [2.45, 2.75) is 141 Å². The van der Waals surface area contributed by atoms with E-state index >= 15 is 0 Å². The van der Waals surface area contributed by atoms with Gasteiger partial charge in [-0.15, -0.1) is 0 Å². The second-order valence-corrected chi connectivity index (χ2v) is 14.3. The second-order valence-electron chi connectivity index (χ2n) is 14.3. The number of hydrogen-bond acceptors (Lipinski definition) is 3. The quantitative estimate of drug-likeness (QED) is 0.254. The Hall–Kier alpha value is -2.94. The van der Waals surface area contributed by atoms with Gasteiger partial charge in [-0.2, -0.15) is 0 Å². The molecule has 3 fully saturated rings. The summed E-state index contributed by atoms with van der Waals surface area (Å²) in [7, 11) is 0. The van der Waals surface area contributed by atoms with Crippen LogP contribution >= 0.6 is 0 Å². The van der Waals surface area contributed by atoms with E-state index in [-0.39, 0.29) is 5.92 Å². The van der Waals surface area contributed by atoms with Gasteiger partial charge in [0.1, 0.15) is 17.2 Å². The third-order valence-electron chi connectivity index (χ3n) is 11.0. The third kappa shape index (κ3) is 6.19. The van der Waals surface area contributed by atoms with Crippen molar-refractivity contribution >= 4 is 0 Å². The molecular formula is C40H52O3. The van der Waals surface area contributed by atoms with Crippen molar-refractivity contribution < 1.29 is 15.3 Å². The van der Waals surface area contributed by atoms with Crippen LogP contribution in [-0.4, -0.2) is 15.3 Å². The average Bonchev–Trinajstić information content (AvgIpc) is 2.98. The highest BCUT2D eigenvalue weighted by molar-refractivity contribution is 5.61. The monoisotopic (exact) mass is 580 g/mol. The first kappa shape index (κ1) is 30.1.